The van der Waals surface area contributed by atoms with Gasteiger partial charge in [-0.05, 0) is 61.3 Å². The smallest absolute Gasteiger partial charge is 0.262 e. The number of carbonyl (C=O) groups is 2. The fraction of sp³-hybridized carbons (Fsp3) is 0.258. The number of hydrogen-bond donors (Lipinski definition) is 1. The summed E-state index contributed by atoms with van der Waals surface area (Å²) in [7, 11) is 5.19. The van der Waals surface area contributed by atoms with Gasteiger partial charge < -0.3 is 10.2 Å². The highest BCUT2D eigenvalue weighted by Gasteiger charge is 2.32. The summed E-state index contributed by atoms with van der Waals surface area (Å²) in [6.07, 6.45) is 5.06. The maximum atomic E-state index is 15.6. The lowest BCUT2D eigenvalue weighted by atomic mass is 10.0. The van der Waals surface area contributed by atoms with Crippen molar-refractivity contribution in [2.24, 2.45) is 7.05 Å². The van der Waals surface area contributed by atoms with Gasteiger partial charge in [-0.2, -0.15) is 0 Å². The third-order valence-electron chi connectivity index (χ3n) is 7.43. The summed E-state index contributed by atoms with van der Waals surface area (Å²) in [6, 6.07) is 15.8. The van der Waals surface area contributed by atoms with Gasteiger partial charge in [0.25, 0.3) is 11.8 Å². The molecule has 42 heavy (non-hydrogen) atoms. The van der Waals surface area contributed by atoms with E-state index in [0.717, 1.165) is 39.9 Å². The Morgan fingerprint density at radius 2 is 1.83 bits per heavy atom. The Hall–Kier alpha value is -4.48. The van der Waals surface area contributed by atoms with E-state index in [1.54, 1.807) is 65.4 Å². The van der Waals surface area contributed by atoms with Crippen LogP contribution in [0.4, 0.5) is 10.2 Å². The molecule has 2 amide bonds. The van der Waals surface area contributed by atoms with Crippen LogP contribution in [0, 0.1) is 5.82 Å². The minimum absolute atomic E-state index is 0.0244. The zero-order chi connectivity index (χ0) is 29.4. The molecule has 1 N–H and O–H groups in total. The largest absolute Gasteiger partial charge is 0.345 e. The first-order valence-corrected chi connectivity index (χ1v) is 14.5. The second-order valence-electron chi connectivity index (χ2n) is 10.6. The Labute approximate surface area is 246 Å². The van der Waals surface area contributed by atoms with Crippen molar-refractivity contribution in [3.8, 4) is 21.7 Å². The Kier molecular flexibility index (Phi) is 7.53. The summed E-state index contributed by atoms with van der Waals surface area (Å²) in [5, 5.41) is 12.2. The van der Waals surface area contributed by atoms with Crippen LogP contribution in [0.25, 0.3) is 31.8 Å². The minimum atomic E-state index is -0.623. The van der Waals surface area contributed by atoms with E-state index >= 15 is 4.39 Å². The standard InChI is InChI=1S/C31H30FN7O2S/c1-37(2)30(40)20-8-6-19(7-9-20)28-16-24-27(42-28)12-14-34-29(24)39(22-5-4-13-33-17-22)31(41)23-11-10-21(15-25(23)32)26-18-38(3)36-35-26/h6-12,14-16,18,22,33H,4-5,13,17H2,1-3H3/t22-/m1/s1. The van der Waals surface area contributed by atoms with E-state index in [-0.39, 0.29) is 17.5 Å². The van der Waals surface area contributed by atoms with Gasteiger partial charge >= 0.3 is 0 Å². The van der Waals surface area contributed by atoms with Crippen LogP contribution in [0.15, 0.2) is 67.0 Å². The number of pyridine rings is 1. The van der Waals surface area contributed by atoms with Crippen LogP contribution in [-0.2, 0) is 7.05 Å². The van der Waals surface area contributed by atoms with Crippen LogP contribution in [-0.4, -0.2) is 69.9 Å². The predicted molar refractivity (Wildman–Crippen MR) is 162 cm³/mol. The molecule has 214 valence electrons. The molecule has 0 saturated carbocycles. The Morgan fingerprint density at radius 3 is 2.50 bits per heavy atom. The fourth-order valence-electron chi connectivity index (χ4n) is 5.26. The minimum Gasteiger partial charge on any atom is -0.345 e. The topological polar surface area (TPSA) is 96.3 Å². The molecular formula is C31H30FN7O2S. The van der Waals surface area contributed by atoms with Crippen molar-refractivity contribution in [1.29, 1.82) is 0 Å². The number of benzene rings is 2. The number of piperidine rings is 1. The van der Waals surface area contributed by atoms with E-state index in [0.29, 0.717) is 29.2 Å². The highest BCUT2D eigenvalue weighted by atomic mass is 32.1. The molecule has 5 aromatic rings. The number of rotatable bonds is 6. The van der Waals surface area contributed by atoms with Gasteiger partial charge in [-0.25, -0.2) is 9.37 Å². The second kappa shape index (κ2) is 11.4. The molecule has 0 bridgehead atoms. The average molecular weight is 584 g/mol. The molecule has 2 aromatic carbocycles. The number of aryl methyl sites for hydroxylation is 1. The van der Waals surface area contributed by atoms with Crippen LogP contribution in [0.1, 0.15) is 33.6 Å². The van der Waals surface area contributed by atoms with Crippen LogP contribution in [0.2, 0.25) is 0 Å². The number of amides is 2. The van der Waals surface area contributed by atoms with Gasteiger partial charge in [0.2, 0.25) is 0 Å². The monoisotopic (exact) mass is 583 g/mol. The molecule has 1 saturated heterocycles. The molecule has 1 aliphatic heterocycles. The quantitative estimate of drug-likeness (QED) is 0.302. The first kappa shape index (κ1) is 27.7. The van der Waals surface area contributed by atoms with Crippen molar-refractivity contribution in [1.82, 2.24) is 30.2 Å². The maximum Gasteiger partial charge on any atom is 0.262 e. The van der Waals surface area contributed by atoms with Gasteiger partial charge in [-0.1, -0.05) is 23.4 Å². The number of hydrogen-bond acceptors (Lipinski definition) is 7. The molecule has 6 rings (SSSR count). The van der Waals surface area contributed by atoms with Crippen LogP contribution >= 0.6 is 11.3 Å². The lowest BCUT2D eigenvalue weighted by molar-refractivity contribution is 0.0827. The SMILES string of the molecule is CN(C)C(=O)c1ccc(-c2cc3c(N(C(=O)c4ccc(-c5cn(C)nn5)cc4F)[C@@H]4CCCNC4)nccc3s2)cc1. The number of thiophene rings is 1. The summed E-state index contributed by atoms with van der Waals surface area (Å²) in [4.78, 5) is 35.4. The second-order valence-corrected chi connectivity index (χ2v) is 11.7. The molecule has 0 aliphatic carbocycles. The molecule has 11 heteroatoms. The first-order valence-electron chi connectivity index (χ1n) is 13.7. The van der Waals surface area contributed by atoms with Crippen LogP contribution in [0.3, 0.4) is 0 Å². The highest BCUT2D eigenvalue weighted by molar-refractivity contribution is 7.22. The van der Waals surface area contributed by atoms with Gasteiger partial charge in [0.05, 0.1) is 17.8 Å². The van der Waals surface area contributed by atoms with E-state index in [9.17, 15) is 9.59 Å². The lowest BCUT2D eigenvalue weighted by Crippen LogP contribution is -2.49. The molecule has 3 aromatic heterocycles. The van der Waals surface area contributed by atoms with Crippen molar-refractivity contribution in [2.45, 2.75) is 18.9 Å². The number of nitrogens with zero attached hydrogens (tertiary/aromatic N) is 6. The lowest BCUT2D eigenvalue weighted by Gasteiger charge is -2.34. The number of nitrogens with one attached hydrogen (secondary N) is 1. The van der Waals surface area contributed by atoms with Gasteiger partial charge in [0, 0.05) is 60.0 Å². The van der Waals surface area contributed by atoms with Crippen molar-refractivity contribution in [3.05, 3.63) is 83.9 Å². The maximum absolute atomic E-state index is 15.6. The van der Waals surface area contributed by atoms with E-state index < -0.39 is 11.7 Å². The molecule has 1 fully saturated rings. The van der Waals surface area contributed by atoms with Gasteiger partial charge in [0.1, 0.15) is 17.3 Å². The zero-order valence-electron chi connectivity index (χ0n) is 23.5. The summed E-state index contributed by atoms with van der Waals surface area (Å²) >= 11 is 1.58. The molecule has 0 spiro atoms. The van der Waals surface area contributed by atoms with Crippen LogP contribution in [0.5, 0.6) is 0 Å². The third-order valence-corrected chi connectivity index (χ3v) is 8.58. The summed E-state index contributed by atoms with van der Waals surface area (Å²) < 4.78 is 18.1. The van der Waals surface area contributed by atoms with E-state index in [1.165, 1.54) is 12.1 Å². The summed E-state index contributed by atoms with van der Waals surface area (Å²) in [5.74, 6) is -0.615. The first-order chi connectivity index (χ1) is 20.3. The molecular weight excluding hydrogens is 553 g/mol. The molecule has 1 aliphatic rings. The summed E-state index contributed by atoms with van der Waals surface area (Å²) in [6.45, 7) is 1.45. The third kappa shape index (κ3) is 5.28. The highest BCUT2D eigenvalue weighted by Crippen LogP contribution is 2.39. The number of fused-ring (bicyclic) bond motifs is 1. The fourth-order valence-corrected chi connectivity index (χ4v) is 6.32. The van der Waals surface area contributed by atoms with Gasteiger partial charge in [-0.3, -0.25) is 19.2 Å². The van der Waals surface area contributed by atoms with Crippen LogP contribution < -0.4 is 10.2 Å². The van der Waals surface area contributed by atoms with Gasteiger partial charge in [-0.15, -0.1) is 16.4 Å². The Balaban J connectivity index is 1.39. The number of aromatic nitrogens is 4. The molecule has 0 radical (unpaired) electrons. The Morgan fingerprint density at radius 1 is 1.05 bits per heavy atom. The van der Waals surface area contributed by atoms with Crippen molar-refractivity contribution < 1.29 is 14.0 Å². The number of halogens is 1. The number of anilines is 1. The molecule has 1 atom stereocenters. The normalized spacial score (nSPS) is 15.1. The summed E-state index contributed by atoms with van der Waals surface area (Å²) in [5.41, 5.74) is 2.62. The van der Waals surface area contributed by atoms with E-state index in [2.05, 4.69) is 20.6 Å². The zero-order valence-corrected chi connectivity index (χ0v) is 24.4. The predicted octanol–water partition coefficient (Wildman–Crippen LogP) is 5.00. The van der Waals surface area contributed by atoms with Crippen molar-refractivity contribution in [2.75, 3.05) is 32.1 Å². The molecule has 0 unspecified atom stereocenters. The van der Waals surface area contributed by atoms with E-state index in [4.69, 9.17) is 0 Å². The van der Waals surface area contributed by atoms with Gasteiger partial charge in [0.15, 0.2) is 0 Å². The molecule has 9 nitrogen and oxygen atoms in total. The molecule has 4 heterocycles. The van der Waals surface area contributed by atoms with Crippen molar-refractivity contribution in [3.63, 3.8) is 0 Å². The van der Waals surface area contributed by atoms with E-state index in [1.807, 2.05) is 36.4 Å². The average Bonchev–Trinajstić information content (AvgIpc) is 3.64. The Bertz CT molecular complexity index is 1770. The number of carbonyl (C=O) groups excluding carboxylic acids is 2. The van der Waals surface area contributed by atoms with Crippen molar-refractivity contribution >= 4 is 39.1 Å².